The number of hydrogen-bond donors (Lipinski definition) is 2. The zero-order valence-corrected chi connectivity index (χ0v) is 19.9. The Morgan fingerprint density at radius 3 is 2.57 bits per heavy atom. The minimum absolute atomic E-state index is 0.0212. The Kier molecular flexibility index (Phi) is 7.31. The van der Waals surface area contributed by atoms with Crippen molar-refractivity contribution in [3.05, 3.63) is 74.2 Å². The standard InChI is InChI=1S/C21H24N5O8P/c1-13-3-5-15(6-4-13)9-31-35(29,32-10-16-14(2)33-21(28)34-16)12-30-8-7-26-11-23-17-18(26)24-20(22)25-19(17)27/h3-6,11H,7-10,12H2,1-2H3,(H3,22,24,25,27). The van der Waals surface area contributed by atoms with Crippen LogP contribution in [0.15, 0.2) is 49.0 Å². The van der Waals surface area contributed by atoms with Gasteiger partial charge in [-0.05, 0) is 19.4 Å². The number of aromatic amines is 1. The third-order valence-corrected chi connectivity index (χ3v) is 6.54. The molecular weight excluding hydrogens is 481 g/mol. The molecule has 0 aliphatic rings. The van der Waals surface area contributed by atoms with Crippen LogP contribution in [0.3, 0.4) is 0 Å². The van der Waals surface area contributed by atoms with Gasteiger partial charge >= 0.3 is 13.4 Å². The zero-order valence-electron chi connectivity index (χ0n) is 19.1. The molecule has 14 heteroatoms. The maximum Gasteiger partial charge on any atom is 0.519 e. The van der Waals surface area contributed by atoms with Gasteiger partial charge < -0.3 is 28.4 Å². The second-order valence-electron chi connectivity index (χ2n) is 7.68. The highest BCUT2D eigenvalue weighted by Gasteiger charge is 2.27. The minimum Gasteiger partial charge on any atom is -0.396 e. The molecule has 1 unspecified atom stereocenters. The van der Waals surface area contributed by atoms with Crippen LogP contribution in [0, 0.1) is 13.8 Å². The summed E-state index contributed by atoms with van der Waals surface area (Å²) >= 11 is 0. The predicted molar refractivity (Wildman–Crippen MR) is 124 cm³/mol. The number of ether oxygens (including phenoxy) is 1. The number of fused-ring (bicyclic) bond motifs is 1. The van der Waals surface area contributed by atoms with Crippen LogP contribution in [0.25, 0.3) is 11.2 Å². The molecule has 0 bridgehead atoms. The van der Waals surface area contributed by atoms with Crippen LogP contribution in [0.1, 0.15) is 22.6 Å². The second-order valence-corrected chi connectivity index (χ2v) is 9.67. The van der Waals surface area contributed by atoms with Crippen LogP contribution in [0.4, 0.5) is 5.95 Å². The van der Waals surface area contributed by atoms with Crippen molar-refractivity contribution in [3.63, 3.8) is 0 Å². The van der Waals surface area contributed by atoms with Crippen molar-refractivity contribution in [2.75, 3.05) is 18.7 Å². The summed E-state index contributed by atoms with van der Waals surface area (Å²) < 4.78 is 41.4. The number of hydrogen-bond acceptors (Lipinski definition) is 11. The normalized spacial score (nSPS) is 13.3. The Bertz CT molecular complexity index is 1470. The average molecular weight is 505 g/mol. The second kappa shape index (κ2) is 10.4. The van der Waals surface area contributed by atoms with Gasteiger partial charge in [-0.25, -0.2) is 9.78 Å². The maximum atomic E-state index is 13.4. The third kappa shape index (κ3) is 6.14. The van der Waals surface area contributed by atoms with Crippen molar-refractivity contribution < 1.29 is 27.2 Å². The van der Waals surface area contributed by atoms with Crippen LogP contribution in [-0.2, 0) is 38.1 Å². The van der Waals surface area contributed by atoms with E-state index in [9.17, 15) is 14.2 Å². The van der Waals surface area contributed by atoms with Gasteiger partial charge in [-0.3, -0.25) is 18.9 Å². The number of nitrogens with one attached hydrogen (secondary N) is 1. The van der Waals surface area contributed by atoms with Gasteiger partial charge in [-0.2, -0.15) is 4.98 Å². The molecule has 35 heavy (non-hydrogen) atoms. The highest BCUT2D eigenvalue weighted by atomic mass is 31.2. The SMILES string of the molecule is Cc1ccc(COP(=O)(COCCn2cnc3c(=O)[nH]c(N)nc32)OCc2oc(=O)oc2C)cc1. The lowest BCUT2D eigenvalue weighted by Crippen LogP contribution is -2.13. The first kappa shape index (κ1) is 24.6. The molecule has 186 valence electrons. The number of aryl methyl sites for hydroxylation is 2. The Morgan fingerprint density at radius 1 is 1.11 bits per heavy atom. The van der Waals surface area contributed by atoms with Crippen LogP contribution >= 0.6 is 7.60 Å². The van der Waals surface area contributed by atoms with Crippen LogP contribution in [0.2, 0.25) is 0 Å². The number of benzene rings is 1. The summed E-state index contributed by atoms with van der Waals surface area (Å²) in [5, 5.41) is 0. The molecule has 4 rings (SSSR count). The van der Waals surface area contributed by atoms with E-state index in [1.807, 2.05) is 31.2 Å². The Labute approximate surface area is 198 Å². The van der Waals surface area contributed by atoms with Crippen molar-refractivity contribution in [3.8, 4) is 0 Å². The quantitative estimate of drug-likeness (QED) is 0.226. The smallest absolute Gasteiger partial charge is 0.396 e. The van der Waals surface area contributed by atoms with E-state index >= 15 is 0 Å². The first-order chi connectivity index (χ1) is 16.7. The number of imidazole rings is 1. The van der Waals surface area contributed by atoms with E-state index < -0.39 is 19.0 Å². The number of nitrogen functional groups attached to an aromatic ring is 1. The lowest BCUT2D eigenvalue weighted by atomic mass is 10.2. The average Bonchev–Trinajstić information content (AvgIpc) is 3.37. The molecule has 0 saturated carbocycles. The monoisotopic (exact) mass is 505 g/mol. The van der Waals surface area contributed by atoms with Gasteiger partial charge in [0.1, 0.15) is 18.7 Å². The summed E-state index contributed by atoms with van der Waals surface area (Å²) in [6.45, 7) is 3.54. The molecule has 0 aliphatic carbocycles. The molecule has 0 saturated heterocycles. The molecule has 0 amide bonds. The highest BCUT2D eigenvalue weighted by Crippen LogP contribution is 2.49. The maximum absolute atomic E-state index is 13.4. The number of nitrogens with zero attached hydrogens (tertiary/aromatic N) is 3. The molecule has 1 aromatic carbocycles. The minimum atomic E-state index is -3.78. The van der Waals surface area contributed by atoms with Crippen molar-refractivity contribution in [2.24, 2.45) is 0 Å². The molecule has 3 aromatic heterocycles. The summed E-state index contributed by atoms with van der Waals surface area (Å²) in [6, 6.07) is 7.52. The van der Waals surface area contributed by atoms with Gasteiger partial charge in [-0.1, -0.05) is 29.8 Å². The zero-order chi connectivity index (χ0) is 25.0. The largest absolute Gasteiger partial charge is 0.519 e. The van der Waals surface area contributed by atoms with Gasteiger partial charge in [0.05, 0.1) is 19.5 Å². The van der Waals surface area contributed by atoms with Gasteiger partial charge in [0.15, 0.2) is 16.9 Å². The van der Waals surface area contributed by atoms with Crippen molar-refractivity contribution in [1.29, 1.82) is 0 Å². The molecule has 3 N–H and O–H groups in total. The highest BCUT2D eigenvalue weighted by molar-refractivity contribution is 7.53. The van der Waals surface area contributed by atoms with E-state index in [-0.39, 0.29) is 55.7 Å². The van der Waals surface area contributed by atoms with Gasteiger partial charge in [0, 0.05) is 6.54 Å². The van der Waals surface area contributed by atoms with Gasteiger partial charge in [0.25, 0.3) is 5.56 Å². The van der Waals surface area contributed by atoms with Gasteiger partial charge in [0.2, 0.25) is 5.95 Å². The number of rotatable bonds is 11. The van der Waals surface area contributed by atoms with Crippen molar-refractivity contribution >= 4 is 24.7 Å². The van der Waals surface area contributed by atoms with E-state index in [1.165, 1.54) is 13.3 Å². The number of aromatic nitrogens is 4. The number of H-pyrrole nitrogens is 1. The lowest BCUT2D eigenvalue weighted by Gasteiger charge is -2.18. The van der Waals surface area contributed by atoms with Crippen molar-refractivity contribution in [2.45, 2.75) is 33.6 Å². The summed E-state index contributed by atoms with van der Waals surface area (Å²) in [5.41, 5.74) is 7.47. The van der Waals surface area contributed by atoms with Crippen LogP contribution in [0.5, 0.6) is 0 Å². The molecule has 13 nitrogen and oxygen atoms in total. The summed E-state index contributed by atoms with van der Waals surface area (Å²) in [4.78, 5) is 33.7. The Morgan fingerprint density at radius 2 is 1.86 bits per heavy atom. The van der Waals surface area contributed by atoms with Crippen LogP contribution < -0.4 is 17.1 Å². The molecule has 0 spiro atoms. The molecule has 0 aliphatic heterocycles. The van der Waals surface area contributed by atoms with Crippen LogP contribution in [-0.4, -0.2) is 32.5 Å². The number of anilines is 1. The fraction of sp³-hybridized carbons (Fsp3) is 0.333. The summed E-state index contributed by atoms with van der Waals surface area (Å²) in [7, 11) is -3.78. The van der Waals surface area contributed by atoms with E-state index in [2.05, 4.69) is 15.0 Å². The number of nitrogens with two attached hydrogens (primary N) is 1. The summed E-state index contributed by atoms with van der Waals surface area (Å²) in [6.07, 6.45) is 1.06. The van der Waals surface area contributed by atoms with Gasteiger partial charge in [-0.15, -0.1) is 0 Å². The predicted octanol–water partition coefficient (Wildman–Crippen LogP) is 2.47. The first-order valence-electron chi connectivity index (χ1n) is 10.5. The topological polar surface area (TPSA) is 178 Å². The summed E-state index contributed by atoms with van der Waals surface area (Å²) in [5.74, 6) is -0.593. The van der Waals surface area contributed by atoms with Crippen molar-refractivity contribution in [1.82, 2.24) is 19.5 Å². The molecule has 3 heterocycles. The van der Waals surface area contributed by atoms with E-state index in [1.54, 1.807) is 4.57 Å². The van der Waals surface area contributed by atoms with E-state index in [4.69, 9.17) is 28.4 Å². The molecule has 4 aromatic rings. The van der Waals surface area contributed by atoms with E-state index in [0.717, 1.165) is 11.1 Å². The molecule has 0 fully saturated rings. The third-order valence-electron chi connectivity index (χ3n) is 5.00. The molecule has 1 atom stereocenters. The fourth-order valence-corrected chi connectivity index (χ4v) is 4.34. The molecule has 0 radical (unpaired) electrons. The Balaban J connectivity index is 1.40. The van der Waals surface area contributed by atoms with E-state index in [0.29, 0.717) is 5.65 Å². The fourth-order valence-electron chi connectivity index (χ4n) is 3.11. The molecular formula is C21H24N5O8P. The first-order valence-corrected chi connectivity index (χ1v) is 12.3. The lowest BCUT2D eigenvalue weighted by molar-refractivity contribution is 0.114. The Hall–Kier alpha value is -3.51.